The molecule has 0 aliphatic heterocycles. The van der Waals surface area contributed by atoms with Crippen LogP contribution < -0.4 is 5.32 Å². The molecule has 0 aliphatic carbocycles. The second kappa shape index (κ2) is 7.43. The van der Waals surface area contributed by atoms with Gasteiger partial charge in [-0.25, -0.2) is 4.98 Å². The van der Waals surface area contributed by atoms with Crippen LogP contribution in [0.5, 0.6) is 5.75 Å². The number of aromatic nitrogens is 1. The number of aromatic hydroxyl groups is 1. The molecule has 1 heterocycles. The molecule has 4 nitrogen and oxygen atoms in total. The number of phenols is 1. The zero-order valence-corrected chi connectivity index (χ0v) is 15.1. The van der Waals surface area contributed by atoms with Crippen LogP contribution >= 0.6 is 11.3 Å². The summed E-state index contributed by atoms with van der Waals surface area (Å²) in [6.45, 7) is 0. The largest absolute Gasteiger partial charge is 0.508 e. The van der Waals surface area contributed by atoms with Gasteiger partial charge in [-0.2, -0.15) is 0 Å². The van der Waals surface area contributed by atoms with E-state index < -0.39 is 0 Å². The number of hydrogen-bond donors (Lipinski definition) is 2. The van der Waals surface area contributed by atoms with Crippen molar-refractivity contribution in [1.82, 2.24) is 4.98 Å². The molecule has 0 bridgehead atoms. The number of phenolic OH excluding ortho intramolecular Hbond substituents is 1. The molecule has 0 fully saturated rings. The lowest BCUT2D eigenvalue weighted by Gasteiger charge is -2.05. The molecule has 2 N–H and O–H groups in total. The molecule has 0 aliphatic rings. The van der Waals surface area contributed by atoms with Crippen LogP contribution in [0.3, 0.4) is 0 Å². The number of nitrogens with zero attached hydrogens (tertiary/aromatic N) is 1. The number of carbonyl (C=O) groups excluding carboxylic acids is 1. The van der Waals surface area contributed by atoms with Gasteiger partial charge in [-0.3, -0.25) is 4.79 Å². The van der Waals surface area contributed by atoms with Gasteiger partial charge in [0.25, 0.3) is 5.91 Å². The van der Waals surface area contributed by atoms with Gasteiger partial charge in [0.15, 0.2) is 0 Å². The smallest absolute Gasteiger partial charge is 0.268 e. The Morgan fingerprint density at radius 2 is 1.41 bits per heavy atom. The van der Waals surface area contributed by atoms with Crippen LogP contribution in [0.1, 0.15) is 9.67 Å². The summed E-state index contributed by atoms with van der Waals surface area (Å²) in [6.07, 6.45) is 0. The van der Waals surface area contributed by atoms with Crippen LogP contribution in [-0.2, 0) is 0 Å². The van der Waals surface area contributed by atoms with Gasteiger partial charge < -0.3 is 10.4 Å². The second-order valence-electron chi connectivity index (χ2n) is 5.93. The summed E-state index contributed by atoms with van der Waals surface area (Å²) >= 11 is 1.37. The Labute approximate surface area is 160 Å². The number of rotatable bonds is 4. The number of benzene rings is 3. The fraction of sp³-hybridized carbons (Fsp3) is 0. The predicted octanol–water partition coefficient (Wildman–Crippen LogP) is 5.44. The fourth-order valence-electron chi connectivity index (χ4n) is 2.70. The SMILES string of the molecule is O=C(Nc1ccc(O)cc1)c1sc(-c2ccccc2)nc1-c1ccccc1. The van der Waals surface area contributed by atoms with Crippen molar-refractivity contribution in [3.8, 4) is 27.6 Å². The molecule has 0 saturated heterocycles. The molecule has 3 aromatic carbocycles. The second-order valence-corrected chi connectivity index (χ2v) is 6.93. The molecule has 0 atom stereocenters. The summed E-state index contributed by atoms with van der Waals surface area (Å²) in [7, 11) is 0. The van der Waals surface area contributed by atoms with Crippen molar-refractivity contribution in [2.75, 3.05) is 5.32 Å². The number of carbonyl (C=O) groups is 1. The molecule has 5 heteroatoms. The maximum absolute atomic E-state index is 12.9. The predicted molar refractivity (Wildman–Crippen MR) is 109 cm³/mol. The number of hydrogen-bond acceptors (Lipinski definition) is 4. The maximum atomic E-state index is 12.9. The minimum absolute atomic E-state index is 0.155. The molecule has 27 heavy (non-hydrogen) atoms. The number of anilines is 1. The first-order valence-corrected chi connectivity index (χ1v) is 9.24. The lowest BCUT2D eigenvalue weighted by molar-refractivity contribution is 0.103. The van der Waals surface area contributed by atoms with Gasteiger partial charge in [-0.1, -0.05) is 60.7 Å². The summed E-state index contributed by atoms with van der Waals surface area (Å²) in [4.78, 5) is 18.2. The Hall–Kier alpha value is -3.44. The van der Waals surface area contributed by atoms with Crippen molar-refractivity contribution >= 4 is 22.9 Å². The Balaban J connectivity index is 1.74. The van der Waals surface area contributed by atoms with Crippen molar-refractivity contribution in [1.29, 1.82) is 0 Å². The van der Waals surface area contributed by atoms with Gasteiger partial charge in [0.2, 0.25) is 0 Å². The van der Waals surface area contributed by atoms with Crippen LogP contribution in [0.4, 0.5) is 5.69 Å². The average molecular weight is 372 g/mol. The Bertz CT molecular complexity index is 1060. The quantitative estimate of drug-likeness (QED) is 0.469. The lowest BCUT2D eigenvalue weighted by atomic mass is 10.1. The molecule has 132 valence electrons. The van der Waals surface area contributed by atoms with Crippen molar-refractivity contribution in [2.45, 2.75) is 0 Å². The first kappa shape index (κ1) is 17.0. The molecule has 0 radical (unpaired) electrons. The lowest BCUT2D eigenvalue weighted by Crippen LogP contribution is -2.11. The molecule has 4 rings (SSSR count). The standard InChI is InChI=1S/C22H16N2O2S/c25-18-13-11-17(12-14-18)23-21(26)20-19(15-7-3-1-4-8-15)24-22(27-20)16-9-5-2-6-10-16/h1-14,25H,(H,23,26). The van der Waals surface area contributed by atoms with Crippen molar-refractivity contribution < 1.29 is 9.90 Å². The highest BCUT2D eigenvalue weighted by Crippen LogP contribution is 2.34. The van der Waals surface area contributed by atoms with E-state index in [-0.39, 0.29) is 11.7 Å². The Morgan fingerprint density at radius 1 is 0.815 bits per heavy atom. The van der Waals surface area contributed by atoms with Crippen LogP contribution in [-0.4, -0.2) is 16.0 Å². The molecule has 1 aromatic heterocycles. The summed E-state index contributed by atoms with van der Waals surface area (Å²) in [5.41, 5.74) is 3.15. The fourth-order valence-corrected chi connectivity index (χ4v) is 3.69. The highest BCUT2D eigenvalue weighted by Gasteiger charge is 2.20. The Kier molecular flexibility index (Phi) is 4.68. The maximum Gasteiger partial charge on any atom is 0.268 e. The van der Waals surface area contributed by atoms with E-state index in [1.165, 1.54) is 23.5 Å². The van der Waals surface area contributed by atoms with E-state index >= 15 is 0 Å². The van der Waals surface area contributed by atoms with Gasteiger partial charge in [-0.05, 0) is 24.3 Å². The molecule has 4 aromatic rings. The summed E-state index contributed by atoms with van der Waals surface area (Å²) in [5, 5.41) is 13.1. The monoisotopic (exact) mass is 372 g/mol. The van der Waals surface area contributed by atoms with E-state index in [0.29, 0.717) is 16.3 Å². The zero-order chi connectivity index (χ0) is 18.6. The molecule has 0 saturated carbocycles. The van der Waals surface area contributed by atoms with Gasteiger partial charge in [0.05, 0.1) is 5.69 Å². The van der Waals surface area contributed by atoms with Crippen molar-refractivity contribution in [3.63, 3.8) is 0 Å². The first-order valence-electron chi connectivity index (χ1n) is 8.43. The number of thiazole rings is 1. The van der Waals surface area contributed by atoms with E-state index in [0.717, 1.165) is 16.1 Å². The van der Waals surface area contributed by atoms with Gasteiger partial charge >= 0.3 is 0 Å². The zero-order valence-electron chi connectivity index (χ0n) is 14.3. The highest BCUT2D eigenvalue weighted by molar-refractivity contribution is 7.17. The van der Waals surface area contributed by atoms with E-state index in [1.54, 1.807) is 12.1 Å². The summed E-state index contributed by atoms with van der Waals surface area (Å²) in [6, 6.07) is 25.9. The van der Waals surface area contributed by atoms with E-state index in [4.69, 9.17) is 4.98 Å². The van der Waals surface area contributed by atoms with Crippen LogP contribution in [0.2, 0.25) is 0 Å². The van der Waals surface area contributed by atoms with Crippen LogP contribution in [0, 0.1) is 0 Å². The highest BCUT2D eigenvalue weighted by atomic mass is 32.1. The number of amides is 1. The van der Waals surface area contributed by atoms with Crippen LogP contribution in [0.15, 0.2) is 84.9 Å². The molecule has 0 spiro atoms. The van der Waals surface area contributed by atoms with E-state index in [9.17, 15) is 9.90 Å². The minimum Gasteiger partial charge on any atom is -0.508 e. The van der Waals surface area contributed by atoms with Crippen molar-refractivity contribution in [3.05, 3.63) is 89.8 Å². The molecule has 1 amide bonds. The first-order chi connectivity index (χ1) is 13.2. The minimum atomic E-state index is -0.223. The third-order valence-electron chi connectivity index (χ3n) is 4.03. The average Bonchev–Trinajstić information content (AvgIpc) is 3.17. The topological polar surface area (TPSA) is 62.2 Å². The van der Waals surface area contributed by atoms with Crippen molar-refractivity contribution in [2.24, 2.45) is 0 Å². The van der Waals surface area contributed by atoms with Crippen LogP contribution in [0.25, 0.3) is 21.8 Å². The third kappa shape index (κ3) is 3.73. The van der Waals surface area contributed by atoms with E-state index in [2.05, 4.69) is 5.32 Å². The number of nitrogens with one attached hydrogen (secondary N) is 1. The summed E-state index contributed by atoms with van der Waals surface area (Å²) < 4.78 is 0. The summed E-state index contributed by atoms with van der Waals surface area (Å²) in [5.74, 6) is -0.0682. The molecular weight excluding hydrogens is 356 g/mol. The van der Waals surface area contributed by atoms with Gasteiger partial charge in [-0.15, -0.1) is 11.3 Å². The molecular formula is C22H16N2O2S. The van der Waals surface area contributed by atoms with E-state index in [1.807, 2.05) is 60.7 Å². The normalized spacial score (nSPS) is 10.5. The molecule has 0 unspecified atom stereocenters. The van der Waals surface area contributed by atoms with Gasteiger partial charge in [0, 0.05) is 16.8 Å². The Morgan fingerprint density at radius 3 is 2.04 bits per heavy atom. The van der Waals surface area contributed by atoms with Gasteiger partial charge in [0.1, 0.15) is 15.6 Å². The third-order valence-corrected chi connectivity index (χ3v) is 5.13.